The number of ether oxygens (including phenoxy) is 1. The zero-order chi connectivity index (χ0) is 24.9. The Kier molecular flexibility index (Phi) is 7.40. The van der Waals surface area contributed by atoms with Crippen LogP contribution in [0.4, 0.5) is 21.0 Å². The summed E-state index contributed by atoms with van der Waals surface area (Å²) in [6.45, 7) is 6.32. The van der Waals surface area contributed by atoms with Crippen LogP contribution >= 0.6 is 0 Å². The van der Waals surface area contributed by atoms with Crippen molar-refractivity contribution >= 4 is 35.4 Å². The Labute approximate surface area is 197 Å². The van der Waals surface area contributed by atoms with E-state index in [1.165, 1.54) is 24.3 Å². The highest BCUT2D eigenvalue weighted by molar-refractivity contribution is 5.97. The Bertz CT molecular complexity index is 1060. The van der Waals surface area contributed by atoms with Gasteiger partial charge in [-0.25, -0.2) is 14.4 Å². The normalized spacial score (nSPS) is 14.2. The molecule has 0 aliphatic carbocycles. The molecule has 1 heterocycles. The Morgan fingerprint density at radius 2 is 1.74 bits per heavy atom. The van der Waals surface area contributed by atoms with Gasteiger partial charge in [0.15, 0.2) is 0 Å². The maximum atomic E-state index is 13.0. The average Bonchev–Trinajstić information content (AvgIpc) is 3.18. The molecule has 0 unspecified atom stereocenters. The van der Waals surface area contributed by atoms with Crippen molar-refractivity contribution in [3.8, 4) is 0 Å². The number of carboxylic acids is 1. The van der Waals surface area contributed by atoms with Crippen molar-refractivity contribution in [3.05, 3.63) is 59.7 Å². The minimum atomic E-state index is -1.07. The van der Waals surface area contributed by atoms with Crippen LogP contribution in [-0.2, 0) is 16.0 Å². The Hall–Kier alpha value is -4.08. The van der Waals surface area contributed by atoms with E-state index in [-0.39, 0.29) is 18.0 Å². The van der Waals surface area contributed by atoms with Crippen LogP contribution in [-0.4, -0.2) is 53.8 Å². The van der Waals surface area contributed by atoms with Gasteiger partial charge >= 0.3 is 18.1 Å². The number of urea groups is 1. The van der Waals surface area contributed by atoms with Crippen LogP contribution in [0.1, 0.15) is 36.7 Å². The molecule has 4 amide bonds. The SMILES string of the molecule is CC(C)(C)OC(=O)N[C@@H](Cc1ccc(N2CCNC2=O)cc1)C(=O)Nc1ccc(C(=O)O)cc1. The zero-order valence-electron chi connectivity index (χ0n) is 19.3. The summed E-state index contributed by atoms with van der Waals surface area (Å²) in [7, 11) is 0. The van der Waals surface area contributed by atoms with Crippen LogP contribution in [0.25, 0.3) is 0 Å². The van der Waals surface area contributed by atoms with Crippen molar-refractivity contribution in [1.29, 1.82) is 0 Å². The molecule has 34 heavy (non-hydrogen) atoms. The molecule has 0 spiro atoms. The molecule has 1 atom stereocenters. The molecule has 1 aliphatic rings. The van der Waals surface area contributed by atoms with E-state index in [0.29, 0.717) is 18.8 Å². The number of carbonyl (C=O) groups is 4. The van der Waals surface area contributed by atoms with Crippen molar-refractivity contribution in [3.63, 3.8) is 0 Å². The number of benzene rings is 2. The quantitative estimate of drug-likeness (QED) is 0.493. The van der Waals surface area contributed by atoms with Gasteiger partial charge in [0.1, 0.15) is 11.6 Å². The van der Waals surface area contributed by atoms with Gasteiger partial charge in [0.05, 0.1) is 5.56 Å². The number of rotatable bonds is 7. The summed E-state index contributed by atoms with van der Waals surface area (Å²) in [4.78, 5) is 49.9. The minimum absolute atomic E-state index is 0.0909. The monoisotopic (exact) mass is 468 g/mol. The molecule has 2 aromatic rings. The van der Waals surface area contributed by atoms with Gasteiger partial charge in [0.25, 0.3) is 0 Å². The maximum absolute atomic E-state index is 13.0. The number of nitrogens with zero attached hydrogens (tertiary/aromatic N) is 1. The molecule has 0 radical (unpaired) electrons. The Balaban J connectivity index is 1.74. The molecule has 0 bridgehead atoms. The lowest BCUT2D eigenvalue weighted by atomic mass is 10.0. The first-order valence-corrected chi connectivity index (χ1v) is 10.8. The summed E-state index contributed by atoms with van der Waals surface area (Å²) < 4.78 is 5.30. The second-order valence-corrected chi connectivity index (χ2v) is 8.82. The lowest BCUT2D eigenvalue weighted by Crippen LogP contribution is -2.47. The van der Waals surface area contributed by atoms with Crippen molar-refractivity contribution in [2.75, 3.05) is 23.3 Å². The standard InChI is InChI=1S/C24H28N4O6/c1-24(2,3)34-23(33)27-19(20(29)26-17-8-6-16(7-9-17)21(30)31)14-15-4-10-18(11-5-15)28-13-12-25-22(28)32/h4-11,19H,12-14H2,1-3H3,(H,25,32)(H,26,29)(H,27,33)(H,30,31)/t19-/m0/s1. The van der Waals surface area contributed by atoms with E-state index in [4.69, 9.17) is 9.84 Å². The van der Waals surface area contributed by atoms with Crippen molar-refractivity contribution in [2.24, 2.45) is 0 Å². The summed E-state index contributed by atoms with van der Waals surface area (Å²) in [6.07, 6.45) is -0.565. The van der Waals surface area contributed by atoms with Crippen LogP contribution in [0.2, 0.25) is 0 Å². The molecule has 180 valence electrons. The van der Waals surface area contributed by atoms with E-state index in [0.717, 1.165) is 11.3 Å². The van der Waals surface area contributed by atoms with Gasteiger partial charge in [-0.2, -0.15) is 0 Å². The number of carbonyl (C=O) groups excluding carboxylic acids is 3. The summed E-state index contributed by atoms with van der Waals surface area (Å²) >= 11 is 0. The van der Waals surface area contributed by atoms with Crippen LogP contribution in [0, 0.1) is 0 Å². The highest BCUT2D eigenvalue weighted by Gasteiger charge is 2.26. The highest BCUT2D eigenvalue weighted by atomic mass is 16.6. The van der Waals surface area contributed by atoms with E-state index in [1.54, 1.807) is 49.9 Å². The Morgan fingerprint density at radius 1 is 1.09 bits per heavy atom. The molecule has 3 rings (SSSR count). The average molecular weight is 469 g/mol. The van der Waals surface area contributed by atoms with Gasteiger partial charge in [0, 0.05) is 30.9 Å². The van der Waals surface area contributed by atoms with Crippen molar-refractivity contribution in [1.82, 2.24) is 10.6 Å². The van der Waals surface area contributed by atoms with Crippen LogP contribution < -0.4 is 20.9 Å². The van der Waals surface area contributed by atoms with Crippen LogP contribution in [0.15, 0.2) is 48.5 Å². The lowest BCUT2D eigenvalue weighted by molar-refractivity contribution is -0.118. The molecule has 0 saturated carbocycles. The van der Waals surface area contributed by atoms with E-state index in [2.05, 4.69) is 16.0 Å². The first-order chi connectivity index (χ1) is 16.0. The van der Waals surface area contributed by atoms with E-state index >= 15 is 0 Å². The third-order valence-electron chi connectivity index (χ3n) is 4.95. The van der Waals surface area contributed by atoms with Crippen LogP contribution in [0.5, 0.6) is 0 Å². The number of hydrogen-bond acceptors (Lipinski definition) is 5. The summed E-state index contributed by atoms with van der Waals surface area (Å²) in [6, 6.07) is 11.7. The third kappa shape index (κ3) is 6.71. The summed E-state index contributed by atoms with van der Waals surface area (Å²) in [5.74, 6) is -1.56. The zero-order valence-corrected chi connectivity index (χ0v) is 19.3. The van der Waals surface area contributed by atoms with Crippen molar-refractivity contribution < 1.29 is 29.0 Å². The molecule has 1 fully saturated rings. The van der Waals surface area contributed by atoms with Crippen LogP contribution in [0.3, 0.4) is 0 Å². The number of amides is 4. The summed E-state index contributed by atoms with van der Waals surface area (Å²) in [5, 5.41) is 17.1. The van der Waals surface area contributed by atoms with Gasteiger partial charge in [-0.3, -0.25) is 9.69 Å². The van der Waals surface area contributed by atoms with Gasteiger partial charge < -0.3 is 25.8 Å². The minimum Gasteiger partial charge on any atom is -0.478 e. The number of anilines is 2. The first kappa shape index (κ1) is 24.6. The smallest absolute Gasteiger partial charge is 0.408 e. The van der Waals surface area contributed by atoms with E-state index in [9.17, 15) is 19.2 Å². The number of nitrogens with one attached hydrogen (secondary N) is 3. The molecule has 1 aliphatic heterocycles. The molecule has 2 aromatic carbocycles. The molecule has 10 heteroatoms. The van der Waals surface area contributed by atoms with Gasteiger partial charge in [-0.05, 0) is 62.7 Å². The topological polar surface area (TPSA) is 137 Å². The lowest BCUT2D eigenvalue weighted by Gasteiger charge is -2.23. The fraction of sp³-hybridized carbons (Fsp3) is 0.333. The predicted octanol–water partition coefficient (Wildman–Crippen LogP) is 2.99. The molecule has 1 saturated heterocycles. The molecule has 0 aromatic heterocycles. The third-order valence-corrected chi connectivity index (χ3v) is 4.95. The summed E-state index contributed by atoms with van der Waals surface area (Å²) in [5.41, 5.74) is 1.24. The predicted molar refractivity (Wildman–Crippen MR) is 126 cm³/mol. The largest absolute Gasteiger partial charge is 0.478 e. The number of alkyl carbamates (subject to hydrolysis) is 1. The fourth-order valence-corrected chi connectivity index (χ4v) is 3.35. The van der Waals surface area contributed by atoms with Gasteiger partial charge in [-0.1, -0.05) is 12.1 Å². The number of hydrogen-bond donors (Lipinski definition) is 4. The number of carboxylic acid groups (broad SMARTS) is 1. The molecular formula is C24H28N4O6. The highest BCUT2D eigenvalue weighted by Crippen LogP contribution is 2.19. The van der Waals surface area contributed by atoms with Gasteiger partial charge in [-0.15, -0.1) is 0 Å². The number of aromatic carboxylic acids is 1. The second kappa shape index (κ2) is 10.2. The van der Waals surface area contributed by atoms with Crippen molar-refractivity contribution in [2.45, 2.75) is 38.8 Å². The molecule has 10 nitrogen and oxygen atoms in total. The van der Waals surface area contributed by atoms with E-state index < -0.39 is 29.6 Å². The maximum Gasteiger partial charge on any atom is 0.408 e. The molecular weight excluding hydrogens is 440 g/mol. The second-order valence-electron chi connectivity index (χ2n) is 8.82. The van der Waals surface area contributed by atoms with E-state index in [1.807, 2.05) is 0 Å². The molecule has 4 N–H and O–H groups in total. The Morgan fingerprint density at radius 3 is 2.26 bits per heavy atom. The fourth-order valence-electron chi connectivity index (χ4n) is 3.35. The van der Waals surface area contributed by atoms with Gasteiger partial charge in [0.2, 0.25) is 5.91 Å². The first-order valence-electron chi connectivity index (χ1n) is 10.8.